The first-order valence-electron chi connectivity index (χ1n) is 29.3. The van der Waals surface area contributed by atoms with E-state index in [0.717, 1.165) is 44.8 Å². The number of aromatic amines is 3. The van der Waals surface area contributed by atoms with Crippen molar-refractivity contribution in [2.75, 3.05) is 0 Å². The molecule has 8 aromatic carbocycles. The van der Waals surface area contributed by atoms with Crippen molar-refractivity contribution in [3.63, 3.8) is 0 Å². The van der Waals surface area contributed by atoms with Gasteiger partial charge in [0.15, 0.2) is 0 Å². The molecule has 419 valence electrons. The number of rotatable bonds is 0. The van der Waals surface area contributed by atoms with Gasteiger partial charge in [-0.15, -0.1) is 0 Å². The number of fused-ring (bicyclic) bond motifs is 32. The van der Waals surface area contributed by atoms with Gasteiger partial charge in [-0.2, -0.15) is 0 Å². The van der Waals surface area contributed by atoms with Crippen molar-refractivity contribution in [3.8, 4) is 45.0 Å². The summed E-state index contributed by atoms with van der Waals surface area (Å²) in [4.78, 5) is 22.4. The summed E-state index contributed by atoms with van der Waals surface area (Å²) in [5.74, 6) is 0. The van der Waals surface area contributed by atoms with Crippen molar-refractivity contribution in [2.24, 2.45) is 14.1 Å². The van der Waals surface area contributed by atoms with Gasteiger partial charge in [0.25, 0.3) is 0 Å². The number of nitrogens with one attached hydrogen (secondary N) is 3. The van der Waals surface area contributed by atoms with E-state index < -0.39 is 0 Å². The Labute approximate surface area is 500 Å². The largest absolute Gasteiger partial charge is 0.354 e. The summed E-state index contributed by atoms with van der Waals surface area (Å²) in [6.07, 6.45) is 0. The van der Waals surface area contributed by atoms with Crippen LogP contribution in [-0.2, 0) is 31.2 Å². The molecule has 1 radical (unpaired) electrons. The Morgan fingerprint density at radius 2 is 0.440 bits per heavy atom. The fourth-order valence-corrected chi connectivity index (χ4v) is 13.8. The van der Waals surface area contributed by atoms with Crippen LogP contribution in [-0.4, -0.2) is 34.1 Å². The Balaban J connectivity index is 0.000000160. The number of aryl methyl sites for hydroxylation is 16. The molecule has 0 aliphatic carbocycles. The topological polar surface area (TPSA) is 83.0 Å². The molecule has 0 amide bonds. The average molecular weight is 1140 g/mol. The summed E-state index contributed by atoms with van der Waals surface area (Å²) < 4.78 is 4.68. The molecule has 3 N–H and O–H groups in total. The second-order valence-corrected chi connectivity index (χ2v) is 25.0. The van der Waals surface area contributed by atoms with Crippen molar-refractivity contribution < 1.29 is 17.1 Å². The second kappa shape index (κ2) is 18.7. The van der Waals surface area contributed by atoms with Gasteiger partial charge >= 0.3 is 0 Å². The molecule has 2 aliphatic rings. The number of H-pyrrole nitrogens is 3. The van der Waals surface area contributed by atoms with Gasteiger partial charge in [-0.05, 0) is 284 Å². The van der Waals surface area contributed by atoms with Crippen LogP contribution in [0.1, 0.15) is 77.9 Å². The molecule has 6 aromatic heterocycles. The van der Waals surface area contributed by atoms with Crippen LogP contribution < -0.4 is 0 Å². The molecule has 8 bridgehead atoms. The third kappa shape index (κ3) is 7.69. The van der Waals surface area contributed by atoms with Gasteiger partial charge in [0.1, 0.15) is 0 Å². The van der Waals surface area contributed by atoms with E-state index in [0.29, 0.717) is 0 Å². The van der Waals surface area contributed by atoms with Gasteiger partial charge in [-0.25, -0.2) is 9.97 Å². The third-order valence-electron chi connectivity index (χ3n) is 19.8. The first-order chi connectivity index (χ1) is 39.7. The van der Waals surface area contributed by atoms with Crippen LogP contribution in [0.4, 0.5) is 0 Å². The summed E-state index contributed by atoms with van der Waals surface area (Å²) in [5, 5.41) is 12.7. The van der Waals surface area contributed by atoms with E-state index in [1.54, 1.807) is 0 Å². The predicted molar refractivity (Wildman–Crippen MR) is 355 cm³/mol. The minimum atomic E-state index is 0. The van der Waals surface area contributed by atoms with Gasteiger partial charge in [0.05, 0.1) is 61.4 Å². The van der Waals surface area contributed by atoms with Crippen LogP contribution in [0.15, 0.2) is 109 Å². The molecule has 8 heterocycles. The summed E-state index contributed by atoms with van der Waals surface area (Å²) in [6, 6.07) is 41.8. The summed E-state index contributed by atoms with van der Waals surface area (Å²) in [7, 11) is 4.38. The van der Waals surface area contributed by atoms with E-state index in [4.69, 9.17) is 9.97 Å². The Bertz CT molecular complexity index is 4870. The molecule has 8 heteroatoms. The van der Waals surface area contributed by atoms with E-state index in [2.05, 4.69) is 244 Å². The molecule has 7 nitrogen and oxygen atoms in total. The SMILES string of the molecule is Cc1cc2[nH]c3c(c2cc1C)c1[nH]c2cc(C)c(C)cc2c1c1[nH]c2cc(C)c(C)cc2c31.Cc1cc2c(cc1C)-c1cc3c4cc(C)c(C)cc4c(cc4nc(cc5c6cc(C)c(C)cc6c(cc-2n1)n5C)-c1cc(C)c(C)cc1-4)n3C.[Cu]. The monoisotopic (exact) mass is 1140 g/mol. The quantitative estimate of drug-likeness (QED) is 0.132. The van der Waals surface area contributed by atoms with Crippen molar-refractivity contribution in [2.45, 2.75) is 96.9 Å². The Morgan fingerprint density at radius 1 is 0.250 bits per heavy atom. The second-order valence-electron chi connectivity index (χ2n) is 25.0. The molecule has 0 spiro atoms. The first-order valence-corrected chi connectivity index (χ1v) is 29.3. The smallest absolute Gasteiger partial charge is 0.0737 e. The molecule has 0 atom stereocenters. The third-order valence-corrected chi connectivity index (χ3v) is 19.8. The van der Waals surface area contributed by atoms with Crippen LogP contribution in [0.5, 0.6) is 0 Å². The molecule has 84 heavy (non-hydrogen) atoms. The minimum absolute atomic E-state index is 0. The van der Waals surface area contributed by atoms with Gasteiger partial charge < -0.3 is 24.1 Å². The van der Waals surface area contributed by atoms with Gasteiger partial charge in [0.2, 0.25) is 0 Å². The molecular formula is C76H69CuN7. The Kier molecular flexibility index (Phi) is 11.8. The number of aromatic nitrogens is 7. The molecule has 0 fully saturated rings. The van der Waals surface area contributed by atoms with E-state index in [1.165, 1.54) is 187 Å². The molecule has 14 aromatic rings. The van der Waals surface area contributed by atoms with Crippen LogP contribution in [0.3, 0.4) is 0 Å². The molecule has 16 rings (SSSR count). The van der Waals surface area contributed by atoms with Crippen molar-refractivity contribution in [3.05, 3.63) is 187 Å². The first kappa shape index (κ1) is 53.3. The van der Waals surface area contributed by atoms with Gasteiger partial charge in [-0.1, -0.05) is 0 Å². The summed E-state index contributed by atoms with van der Waals surface area (Å²) in [5.41, 5.74) is 38.7. The van der Waals surface area contributed by atoms with Crippen molar-refractivity contribution in [1.82, 2.24) is 34.1 Å². The van der Waals surface area contributed by atoms with Crippen LogP contribution in [0, 0.1) is 96.9 Å². The molecule has 0 unspecified atom stereocenters. The number of benzene rings is 8. The maximum atomic E-state index is 5.45. The van der Waals surface area contributed by atoms with Crippen LogP contribution in [0.25, 0.3) is 154 Å². The van der Waals surface area contributed by atoms with E-state index >= 15 is 0 Å². The van der Waals surface area contributed by atoms with Gasteiger partial charge in [0, 0.05) is 124 Å². The fraction of sp³-hybridized carbons (Fsp3) is 0.211. The zero-order valence-electron chi connectivity index (χ0n) is 51.0. The van der Waals surface area contributed by atoms with E-state index in [-0.39, 0.29) is 17.1 Å². The molecule has 2 aliphatic heterocycles. The number of hydrogen-bond donors (Lipinski definition) is 3. The maximum absolute atomic E-state index is 5.45. The maximum Gasteiger partial charge on any atom is 0.0737 e. The van der Waals surface area contributed by atoms with Crippen molar-refractivity contribution in [1.29, 1.82) is 0 Å². The van der Waals surface area contributed by atoms with Crippen molar-refractivity contribution >= 4 is 109 Å². The molecule has 0 saturated heterocycles. The Hall–Kier alpha value is -8.68. The number of nitrogens with zero attached hydrogens (tertiary/aromatic N) is 4. The summed E-state index contributed by atoms with van der Waals surface area (Å²) >= 11 is 0. The van der Waals surface area contributed by atoms with E-state index in [1.807, 2.05) is 0 Å². The zero-order valence-corrected chi connectivity index (χ0v) is 51.9. The van der Waals surface area contributed by atoms with Crippen LogP contribution in [0.2, 0.25) is 0 Å². The average Bonchev–Trinajstić information content (AvgIpc) is 2.30. The van der Waals surface area contributed by atoms with E-state index in [9.17, 15) is 0 Å². The van der Waals surface area contributed by atoms with Crippen LogP contribution >= 0.6 is 0 Å². The molecule has 0 saturated carbocycles. The standard InChI is InChI=1S/C46H42N4.C30H27N3.Cu/c1-23-11-31-32(12-24(23)2)40-20-44-37-17-29(7)30(8)18-38(37)46(50(44)10)22-42-34-14-26(4)25(3)13-33(34)41(48-42)21-45-36-16-28(6)27(5)15-35(36)43(49(45)9)19-39(31)47-40;1-13-7-19-22(10-16(13)4)31-28-25(19)29-27(20-8-14(2)17(5)11-23(20)32-29)30-26(28)21-9-15(3)18(6)12-24(21)33-30;/h11-22H,1-10H3;7-12,31-33H,1-6H3;. The fourth-order valence-electron chi connectivity index (χ4n) is 13.8. The predicted octanol–water partition coefficient (Wildman–Crippen LogP) is 20.2. The number of hydrogen-bond acceptors (Lipinski definition) is 2. The zero-order chi connectivity index (χ0) is 57.7. The summed E-state index contributed by atoms with van der Waals surface area (Å²) in [6.45, 7) is 30.8. The minimum Gasteiger partial charge on any atom is -0.354 e. The van der Waals surface area contributed by atoms with Gasteiger partial charge in [-0.3, -0.25) is 0 Å². The normalized spacial score (nSPS) is 12.2. The molecular weight excluding hydrogens is 1070 g/mol. The Morgan fingerprint density at radius 3 is 0.667 bits per heavy atom.